The largest absolute Gasteiger partial charge is 0.481 e. The van der Waals surface area contributed by atoms with Gasteiger partial charge in [0.25, 0.3) is 0 Å². The van der Waals surface area contributed by atoms with Crippen LogP contribution in [0.5, 0.6) is 0 Å². The highest BCUT2D eigenvalue weighted by atomic mass is 16.4. The number of carboxylic acid groups (broad SMARTS) is 1. The van der Waals surface area contributed by atoms with Gasteiger partial charge in [-0.1, -0.05) is 37.3 Å². The Balaban J connectivity index is 2.61. The molecule has 0 fully saturated rings. The first-order valence-electron chi connectivity index (χ1n) is 14.9. The lowest BCUT2D eigenvalue weighted by Gasteiger charge is -2.20. The molecule has 1 rings (SSSR count). The number of hydrogen-bond donors (Lipinski definition) is 10. The van der Waals surface area contributed by atoms with Crippen molar-refractivity contribution in [3.8, 4) is 0 Å². The molecule has 0 heterocycles. The highest BCUT2D eigenvalue weighted by molar-refractivity contribution is 5.95. The van der Waals surface area contributed by atoms with E-state index in [9.17, 15) is 43.2 Å². The van der Waals surface area contributed by atoms with E-state index < -0.39 is 110 Å². The van der Waals surface area contributed by atoms with Crippen LogP contribution in [-0.4, -0.2) is 109 Å². The van der Waals surface area contributed by atoms with Crippen molar-refractivity contribution in [3.05, 3.63) is 35.9 Å². The maximum atomic E-state index is 12.8. The predicted molar refractivity (Wildman–Crippen MR) is 168 cm³/mol. The second-order valence-electron chi connectivity index (χ2n) is 10.5. The molecule has 0 radical (unpaired) electrons. The molecule has 1 aromatic rings. The van der Waals surface area contributed by atoms with Crippen LogP contribution < -0.4 is 48.7 Å². The van der Waals surface area contributed by atoms with Gasteiger partial charge in [-0.2, -0.15) is 0 Å². The molecule has 8 amide bonds. The molecule has 19 nitrogen and oxygen atoms in total. The molecular weight excluding hydrogens is 634 g/mol. The highest BCUT2D eigenvalue weighted by Gasteiger charge is 2.25. The Bertz CT molecular complexity index is 1330. The minimum Gasteiger partial charge on any atom is -0.481 e. The molecule has 48 heavy (non-hydrogen) atoms. The fourth-order valence-electron chi connectivity index (χ4n) is 3.73. The van der Waals surface area contributed by atoms with Gasteiger partial charge in [-0.05, 0) is 25.3 Å². The molecule has 0 bridgehead atoms. The first-order chi connectivity index (χ1) is 22.6. The summed E-state index contributed by atoms with van der Waals surface area (Å²) in [6.45, 7) is 0.744. The van der Waals surface area contributed by atoms with Gasteiger partial charge in [0.1, 0.15) is 18.1 Å². The van der Waals surface area contributed by atoms with Crippen LogP contribution >= 0.6 is 0 Å². The summed E-state index contributed by atoms with van der Waals surface area (Å²) in [6, 6.07) is 4.34. The van der Waals surface area contributed by atoms with Gasteiger partial charge in [-0.15, -0.1) is 0 Å². The number of amides is 8. The van der Waals surface area contributed by atoms with Crippen molar-refractivity contribution in [3.63, 3.8) is 0 Å². The number of nitrogens with one attached hydrogen (secondary N) is 7. The fourth-order valence-corrected chi connectivity index (χ4v) is 3.73. The maximum Gasteiger partial charge on any atom is 0.303 e. The lowest BCUT2D eigenvalue weighted by Crippen LogP contribution is -2.53. The van der Waals surface area contributed by atoms with E-state index in [1.165, 1.54) is 6.92 Å². The number of nitrogens with two attached hydrogens (primary N) is 2. The van der Waals surface area contributed by atoms with Gasteiger partial charge in [0.2, 0.25) is 47.3 Å². The van der Waals surface area contributed by atoms with E-state index in [0.717, 1.165) is 0 Å². The number of carbonyl (C=O) groups excluding carboxylic acids is 8. The summed E-state index contributed by atoms with van der Waals surface area (Å²) in [7, 11) is 0. The molecule has 19 heteroatoms. The van der Waals surface area contributed by atoms with E-state index >= 15 is 0 Å². The minimum absolute atomic E-state index is 0.0414. The zero-order valence-corrected chi connectivity index (χ0v) is 26.6. The summed E-state index contributed by atoms with van der Waals surface area (Å²) >= 11 is 0. The van der Waals surface area contributed by atoms with E-state index in [2.05, 4.69) is 37.2 Å². The van der Waals surface area contributed by atoms with Crippen LogP contribution in [0, 0.1) is 0 Å². The average molecular weight is 678 g/mol. The van der Waals surface area contributed by atoms with E-state index in [1.54, 1.807) is 37.3 Å². The van der Waals surface area contributed by atoms with Crippen LogP contribution in [0.15, 0.2) is 30.3 Å². The molecule has 0 aliphatic carbocycles. The summed E-state index contributed by atoms with van der Waals surface area (Å²) in [5.74, 6) is -7.22. The first-order valence-corrected chi connectivity index (χ1v) is 14.9. The van der Waals surface area contributed by atoms with Crippen LogP contribution in [0.2, 0.25) is 0 Å². The molecule has 0 aliphatic rings. The highest BCUT2D eigenvalue weighted by Crippen LogP contribution is 2.04. The van der Waals surface area contributed by atoms with Crippen molar-refractivity contribution in [2.75, 3.05) is 26.2 Å². The molecular formula is C29H43N9O10. The molecule has 1 aromatic carbocycles. The lowest BCUT2D eigenvalue weighted by atomic mass is 10.1. The van der Waals surface area contributed by atoms with Gasteiger partial charge < -0.3 is 53.8 Å². The Morgan fingerprint density at radius 3 is 1.73 bits per heavy atom. The van der Waals surface area contributed by atoms with Gasteiger partial charge >= 0.3 is 5.97 Å². The third-order valence-electron chi connectivity index (χ3n) is 6.53. The van der Waals surface area contributed by atoms with Crippen LogP contribution in [0.1, 0.15) is 38.7 Å². The Labute approximate surface area is 276 Å². The second-order valence-corrected chi connectivity index (χ2v) is 10.5. The molecule has 0 aliphatic heterocycles. The molecule has 0 saturated heterocycles. The lowest BCUT2D eigenvalue weighted by molar-refractivity contribution is -0.138. The molecule has 0 spiro atoms. The van der Waals surface area contributed by atoms with E-state index in [1.807, 2.05) is 0 Å². The number of hydrogen-bond acceptors (Lipinski definition) is 10. The minimum atomic E-state index is -1.27. The van der Waals surface area contributed by atoms with Crippen LogP contribution in [0.25, 0.3) is 0 Å². The third-order valence-corrected chi connectivity index (χ3v) is 6.53. The zero-order valence-electron chi connectivity index (χ0n) is 26.6. The average Bonchev–Trinajstić information content (AvgIpc) is 3.05. The standard InChI is InChI=1S/C29H43N9O10/c1-3-18(30)27(46)38-19(9-10-25(43)44)28(47)34-13-22(40)32-12-21(39)33-14-24(42)37-20(11-17-7-5-4-6-8-17)29(48)35-15-23(41)36-16(2)26(31)45/h4-8,16,18-20H,3,9-15,30H2,1-2H3,(H2,31,45)(H,32,40)(H,33,39)(H,34,47)(H,35,48)(H,36,41)(H,37,42)(H,38,46)(H,43,44). The third kappa shape index (κ3) is 16.6. The fraction of sp³-hybridized carbons (Fsp3) is 0.483. The summed E-state index contributed by atoms with van der Waals surface area (Å²) in [6.07, 6.45) is -0.379. The van der Waals surface area contributed by atoms with Gasteiger partial charge in [-0.3, -0.25) is 43.2 Å². The molecule has 12 N–H and O–H groups in total. The van der Waals surface area contributed by atoms with Crippen LogP contribution in [0.4, 0.5) is 0 Å². The zero-order chi connectivity index (χ0) is 36.2. The Kier molecular flexibility index (Phi) is 17.9. The molecule has 4 atom stereocenters. The van der Waals surface area contributed by atoms with Crippen molar-refractivity contribution >= 4 is 53.2 Å². The van der Waals surface area contributed by atoms with Gasteiger partial charge in [0.05, 0.1) is 32.2 Å². The van der Waals surface area contributed by atoms with Crippen LogP contribution in [0.3, 0.4) is 0 Å². The predicted octanol–water partition coefficient (Wildman–Crippen LogP) is -4.74. The Hall–Kier alpha value is -5.59. The SMILES string of the molecule is CCC(N)C(=O)NC(CCC(=O)O)C(=O)NCC(=O)NCC(=O)NCC(=O)NC(Cc1ccccc1)C(=O)NCC(=O)NC(C)C(N)=O. The van der Waals surface area contributed by atoms with Crippen molar-refractivity contribution in [2.45, 2.75) is 63.7 Å². The quantitative estimate of drug-likeness (QED) is 0.0589. The van der Waals surface area contributed by atoms with Crippen molar-refractivity contribution in [1.29, 1.82) is 0 Å². The molecule has 0 saturated carbocycles. The number of rotatable bonds is 21. The topological polar surface area (TPSA) is 310 Å². The van der Waals surface area contributed by atoms with Gasteiger partial charge in [0.15, 0.2) is 0 Å². The molecule has 4 unspecified atom stereocenters. The number of benzene rings is 1. The Morgan fingerprint density at radius 1 is 0.688 bits per heavy atom. The smallest absolute Gasteiger partial charge is 0.303 e. The van der Waals surface area contributed by atoms with Gasteiger partial charge in [-0.25, -0.2) is 0 Å². The summed E-state index contributed by atoms with van der Waals surface area (Å²) in [5.41, 5.74) is 11.4. The van der Waals surface area contributed by atoms with Crippen molar-refractivity contribution in [1.82, 2.24) is 37.2 Å². The summed E-state index contributed by atoms with van der Waals surface area (Å²) in [4.78, 5) is 108. The summed E-state index contributed by atoms with van der Waals surface area (Å²) < 4.78 is 0. The monoisotopic (exact) mass is 677 g/mol. The maximum absolute atomic E-state index is 12.8. The number of carbonyl (C=O) groups is 9. The first kappa shape index (κ1) is 40.4. The number of aliphatic carboxylic acids is 1. The van der Waals surface area contributed by atoms with Crippen LogP contribution in [-0.2, 0) is 49.6 Å². The van der Waals surface area contributed by atoms with Crippen molar-refractivity contribution in [2.24, 2.45) is 11.5 Å². The second kappa shape index (κ2) is 21.3. The number of primary amides is 1. The van der Waals surface area contributed by atoms with Crippen molar-refractivity contribution < 1.29 is 48.3 Å². The Morgan fingerprint density at radius 2 is 1.19 bits per heavy atom. The molecule has 0 aromatic heterocycles. The van der Waals surface area contributed by atoms with E-state index in [4.69, 9.17) is 16.6 Å². The number of carboxylic acids is 1. The normalized spacial score (nSPS) is 12.9. The summed E-state index contributed by atoms with van der Waals surface area (Å²) in [5, 5.41) is 25.2. The van der Waals surface area contributed by atoms with E-state index in [0.29, 0.717) is 5.56 Å². The van der Waals surface area contributed by atoms with Gasteiger partial charge in [0, 0.05) is 12.8 Å². The molecule has 264 valence electrons. The van der Waals surface area contributed by atoms with E-state index in [-0.39, 0.29) is 19.3 Å².